The van der Waals surface area contributed by atoms with Crippen LogP contribution in [0.3, 0.4) is 0 Å². The zero-order valence-electron chi connectivity index (χ0n) is 7.91. The summed E-state index contributed by atoms with van der Waals surface area (Å²) in [5, 5.41) is 10.5. The van der Waals surface area contributed by atoms with Crippen LogP contribution < -0.4 is 10.0 Å². The van der Waals surface area contributed by atoms with Gasteiger partial charge in [0.05, 0.1) is 11.8 Å². The Morgan fingerprint density at radius 3 is 2.64 bits per heavy atom. The van der Waals surface area contributed by atoms with Crippen molar-refractivity contribution in [3.8, 4) is 6.07 Å². The zero-order valence-corrected chi connectivity index (χ0v) is 8.73. The molecule has 7 heteroatoms. The Labute approximate surface area is 83.3 Å². The second-order valence-corrected chi connectivity index (χ2v) is 4.43. The van der Waals surface area contributed by atoms with E-state index in [1.807, 2.05) is 0 Å². The Morgan fingerprint density at radius 1 is 1.50 bits per heavy atom. The molecule has 0 unspecified atom stereocenters. The van der Waals surface area contributed by atoms with E-state index in [9.17, 15) is 13.2 Å². The maximum absolute atomic E-state index is 11.0. The topological polar surface area (TPSA) is 99.1 Å². The van der Waals surface area contributed by atoms with Gasteiger partial charge < -0.3 is 5.32 Å². The van der Waals surface area contributed by atoms with Crippen molar-refractivity contribution in [2.75, 3.05) is 18.8 Å². The molecule has 14 heavy (non-hydrogen) atoms. The lowest BCUT2D eigenvalue weighted by Crippen LogP contribution is -2.34. The van der Waals surface area contributed by atoms with Crippen LogP contribution in [0.25, 0.3) is 0 Å². The van der Waals surface area contributed by atoms with Crippen LogP contribution in [0.1, 0.15) is 13.3 Å². The summed E-state index contributed by atoms with van der Waals surface area (Å²) in [5.74, 6) is -0.628. The minimum Gasteiger partial charge on any atom is -0.354 e. The molecule has 0 fully saturated rings. The van der Waals surface area contributed by atoms with Gasteiger partial charge in [-0.25, -0.2) is 13.1 Å². The van der Waals surface area contributed by atoms with E-state index in [2.05, 4.69) is 10.0 Å². The third-order valence-electron chi connectivity index (χ3n) is 1.30. The van der Waals surface area contributed by atoms with Crippen LogP contribution in [0, 0.1) is 11.3 Å². The van der Waals surface area contributed by atoms with Crippen molar-refractivity contribution in [3.63, 3.8) is 0 Å². The van der Waals surface area contributed by atoms with Crippen molar-refractivity contribution in [1.29, 1.82) is 5.26 Å². The van der Waals surface area contributed by atoms with E-state index in [-0.39, 0.29) is 18.7 Å². The maximum Gasteiger partial charge on any atom is 0.234 e. The molecule has 1 amide bonds. The van der Waals surface area contributed by atoms with E-state index in [1.165, 1.54) is 0 Å². The van der Waals surface area contributed by atoms with E-state index in [1.54, 1.807) is 13.0 Å². The van der Waals surface area contributed by atoms with Crippen molar-refractivity contribution >= 4 is 15.9 Å². The highest BCUT2D eigenvalue weighted by Crippen LogP contribution is 1.82. The predicted octanol–water partition coefficient (Wildman–Crippen LogP) is -1.04. The number of nitriles is 1. The molecule has 2 N–H and O–H groups in total. The summed E-state index contributed by atoms with van der Waals surface area (Å²) in [5.41, 5.74) is 0. The van der Waals surface area contributed by atoms with E-state index in [4.69, 9.17) is 5.26 Å². The Balaban J connectivity index is 3.75. The largest absolute Gasteiger partial charge is 0.354 e. The van der Waals surface area contributed by atoms with Gasteiger partial charge in [-0.2, -0.15) is 5.26 Å². The molecule has 80 valence electrons. The first-order valence-electron chi connectivity index (χ1n) is 4.13. The van der Waals surface area contributed by atoms with Gasteiger partial charge in [0.25, 0.3) is 0 Å². The lowest BCUT2D eigenvalue weighted by Gasteiger charge is -2.04. The van der Waals surface area contributed by atoms with Crippen LogP contribution in [-0.4, -0.2) is 33.2 Å². The lowest BCUT2D eigenvalue weighted by atomic mass is 10.4. The van der Waals surface area contributed by atoms with Crippen LogP contribution in [0.2, 0.25) is 0 Å². The van der Waals surface area contributed by atoms with Gasteiger partial charge in [0, 0.05) is 13.1 Å². The highest BCUT2D eigenvalue weighted by molar-refractivity contribution is 7.89. The molecule has 0 radical (unpaired) electrons. The van der Waals surface area contributed by atoms with E-state index in [0.29, 0.717) is 6.54 Å². The first kappa shape index (κ1) is 12.9. The molecule has 0 heterocycles. The molecule has 0 aliphatic rings. The molecule has 0 aromatic heterocycles. The minimum atomic E-state index is -3.29. The summed E-state index contributed by atoms with van der Waals surface area (Å²) >= 11 is 0. The average molecular weight is 219 g/mol. The van der Waals surface area contributed by atoms with Gasteiger partial charge in [-0.3, -0.25) is 4.79 Å². The molecule has 0 aromatic carbocycles. The molecule has 0 atom stereocenters. The van der Waals surface area contributed by atoms with Crippen LogP contribution in [0.4, 0.5) is 0 Å². The van der Waals surface area contributed by atoms with Gasteiger partial charge >= 0.3 is 0 Å². The number of nitrogens with zero attached hydrogens (tertiary/aromatic N) is 1. The monoisotopic (exact) mass is 219 g/mol. The molecule has 0 aliphatic heterocycles. The lowest BCUT2D eigenvalue weighted by molar-refractivity contribution is -0.119. The normalized spacial score (nSPS) is 10.6. The summed E-state index contributed by atoms with van der Waals surface area (Å²) in [6.07, 6.45) is -0.249. The quantitative estimate of drug-likeness (QED) is 0.595. The zero-order chi connectivity index (χ0) is 11.0. The fourth-order valence-corrected chi connectivity index (χ4v) is 1.71. The predicted molar refractivity (Wildman–Crippen MR) is 50.7 cm³/mol. The Morgan fingerprint density at radius 2 is 2.14 bits per heavy atom. The smallest absolute Gasteiger partial charge is 0.234 e. The molecule has 0 aliphatic carbocycles. The molecule has 6 nitrogen and oxygen atoms in total. The van der Waals surface area contributed by atoms with Gasteiger partial charge in [0.1, 0.15) is 6.42 Å². The Bertz CT molecular complexity index is 318. The molecule has 0 bridgehead atoms. The van der Waals surface area contributed by atoms with Crippen LogP contribution in [0.5, 0.6) is 0 Å². The van der Waals surface area contributed by atoms with Crippen molar-refractivity contribution in [2.24, 2.45) is 0 Å². The first-order valence-corrected chi connectivity index (χ1v) is 5.78. The third-order valence-corrected chi connectivity index (χ3v) is 2.77. The summed E-state index contributed by atoms with van der Waals surface area (Å²) < 4.78 is 24.4. The number of carbonyl (C=O) groups is 1. The summed E-state index contributed by atoms with van der Waals surface area (Å²) in [6.45, 7) is 2.02. The van der Waals surface area contributed by atoms with Crippen molar-refractivity contribution in [3.05, 3.63) is 0 Å². The third kappa shape index (κ3) is 6.39. The van der Waals surface area contributed by atoms with Gasteiger partial charge in [-0.05, 0) is 0 Å². The van der Waals surface area contributed by atoms with Gasteiger partial charge in [-0.15, -0.1) is 0 Å². The average Bonchev–Trinajstić information content (AvgIpc) is 2.03. The summed E-state index contributed by atoms with van der Waals surface area (Å²) in [4.78, 5) is 10.7. The first-order chi connectivity index (χ1) is 6.52. The van der Waals surface area contributed by atoms with Crippen molar-refractivity contribution in [1.82, 2.24) is 10.0 Å². The van der Waals surface area contributed by atoms with Gasteiger partial charge in [0.2, 0.25) is 15.9 Å². The van der Waals surface area contributed by atoms with Crippen molar-refractivity contribution in [2.45, 2.75) is 13.3 Å². The second kappa shape index (κ2) is 6.34. The SMILES string of the molecule is CCNS(=O)(=O)CCNC(=O)CC#N. The Hall–Kier alpha value is -1.13. The number of rotatable bonds is 6. The maximum atomic E-state index is 11.0. The molecule has 0 saturated carbocycles. The number of hydrogen-bond acceptors (Lipinski definition) is 4. The standard InChI is InChI=1S/C7H13N3O3S/c1-2-10-14(12,13)6-5-9-7(11)3-4-8/h10H,2-3,5-6H2,1H3,(H,9,11). The minimum absolute atomic E-state index is 0.0237. The highest BCUT2D eigenvalue weighted by Gasteiger charge is 2.08. The summed E-state index contributed by atoms with van der Waals surface area (Å²) in [7, 11) is -3.29. The number of nitrogens with one attached hydrogen (secondary N) is 2. The van der Waals surface area contributed by atoms with Crippen LogP contribution >= 0.6 is 0 Å². The molecule has 0 aromatic rings. The number of hydrogen-bond donors (Lipinski definition) is 2. The van der Waals surface area contributed by atoms with E-state index >= 15 is 0 Å². The number of carbonyl (C=O) groups excluding carboxylic acids is 1. The van der Waals surface area contributed by atoms with Crippen molar-refractivity contribution < 1.29 is 13.2 Å². The Kier molecular flexibility index (Phi) is 5.83. The van der Waals surface area contributed by atoms with Gasteiger partial charge in [-0.1, -0.05) is 6.92 Å². The summed E-state index contributed by atoms with van der Waals surface area (Å²) in [6, 6.07) is 1.66. The fraction of sp³-hybridized carbons (Fsp3) is 0.714. The molecular formula is C7H13N3O3S. The van der Waals surface area contributed by atoms with Gasteiger partial charge in [0.15, 0.2) is 0 Å². The highest BCUT2D eigenvalue weighted by atomic mass is 32.2. The van der Waals surface area contributed by atoms with E-state index in [0.717, 1.165) is 0 Å². The molecule has 0 rings (SSSR count). The van der Waals surface area contributed by atoms with E-state index < -0.39 is 15.9 Å². The van der Waals surface area contributed by atoms with Crippen LogP contribution in [-0.2, 0) is 14.8 Å². The number of amides is 1. The number of sulfonamides is 1. The second-order valence-electron chi connectivity index (χ2n) is 2.50. The van der Waals surface area contributed by atoms with Crippen LogP contribution in [0.15, 0.2) is 0 Å². The molecule has 0 saturated heterocycles. The molecular weight excluding hydrogens is 206 g/mol. The fourth-order valence-electron chi connectivity index (χ4n) is 0.751. The molecule has 0 spiro atoms.